The van der Waals surface area contributed by atoms with Crippen molar-refractivity contribution in [1.29, 1.82) is 0 Å². The highest BCUT2D eigenvalue weighted by Gasteiger charge is 2.46. The third kappa shape index (κ3) is 11.8. The van der Waals surface area contributed by atoms with Crippen LogP contribution in [0.2, 0.25) is 0 Å². The molecule has 0 aliphatic carbocycles. The van der Waals surface area contributed by atoms with E-state index in [-0.39, 0.29) is 17.0 Å². The Labute approximate surface area is 368 Å². The molecule has 3 saturated heterocycles. The molecular weight excluding hydrogens is 798 g/mol. The lowest BCUT2D eigenvalue weighted by molar-refractivity contribution is -0.0964. The molecule has 0 bridgehead atoms. The van der Waals surface area contributed by atoms with Gasteiger partial charge < -0.3 is 5.11 Å². The Balaban J connectivity index is 0.000000139. The van der Waals surface area contributed by atoms with E-state index in [9.17, 15) is 13.5 Å². The van der Waals surface area contributed by atoms with Gasteiger partial charge in [-0.3, -0.25) is 18.9 Å². The summed E-state index contributed by atoms with van der Waals surface area (Å²) in [5, 5.41) is 9.98. The second-order valence-corrected chi connectivity index (χ2v) is 20.0. The second kappa shape index (κ2) is 19.2. The van der Waals surface area contributed by atoms with E-state index in [1.54, 1.807) is 0 Å². The molecule has 0 saturated carbocycles. The molecule has 3 heterocycles. The highest BCUT2D eigenvalue weighted by atomic mass is 35.5. The highest BCUT2D eigenvalue weighted by molar-refractivity contribution is 7.86. The van der Waals surface area contributed by atoms with E-state index in [0.717, 1.165) is 32.4 Å². The van der Waals surface area contributed by atoms with Crippen LogP contribution in [0.4, 0.5) is 0 Å². The van der Waals surface area contributed by atoms with Gasteiger partial charge in [-0.1, -0.05) is 182 Å². The van der Waals surface area contributed by atoms with Crippen LogP contribution in [0.3, 0.4) is 0 Å². The van der Waals surface area contributed by atoms with Gasteiger partial charge in [0.1, 0.15) is 5.60 Å². The van der Waals surface area contributed by atoms with Crippen LogP contribution in [0, 0.1) is 0 Å². The number of aliphatic hydroxyl groups is 1. The highest BCUT2D eigenvalue weighted by Crippen LogP contribution is 2.40. The summed E-state index contributed by atoms with van der Waals surface area (Å²) in [7, 11) is -3.45. The molecule has 0 radical (unpaired) electrons. The van der Waals surface area contributed by atoms with Gasteiger partial charge in [-0.15, -0.1) is 11.6 Å². The van der Waals surface area contributed by atoms with Gasteiger partial charge in [0.2, 0.25) is 0 Å². The Morgan fingerprint density at radius 1 is 0.459 bits per heavy atom. The van der Waals surface area contributed by atoms with E-state index in [4.69, 9.17) is 15.8 Å². The molecule has 3 aliphatic heterocycles. The van der Waals surface area contributed by atoms with Crippen LogP contribution in [0.1, 0.15) is 72.3 Å². The molecule has 0 unspecified atom stereocenters. The lowest BCUT2D eigenvalue weighted by atomic mass is 9.88. The smallest absolute Gasteiger partial charge is 0.265 e. The van der Waals surface area contributed by atoms with Gasteiger partial charge in [-0.05, 0) is 54.2 Å². The fourth-order valence-corrected chi connectivity index (χ4v) is 10.2. The first-order chi connectivity index (χ1) is 29.2. The average molecular weight is 857 g/mol. The maximum absolute atomic E-state index is 11.4. The zero-order chi connectivity index (χ0) is 43.1. The third-order valence-corrected chi connectivity index (χ3v) is 12.3. The van der Waals surface area contributed by atoms with E-state index in [0.29, 0.717) is 19.1 Å². The van der Waals surface area contributed by atoms with Crippen molar-refractivity contribution >= 4 is 21.7 Å². The van der Waals surface area contributed by atoms with Crippen LogP contribution >= 0.6 is 11.6 Å². The number of nitrogens with zero attached hydrogens (tertiary/aromatic N) is 3. The Hall–Kier alpha value is -4.64. The molecule has 6 aromatic rings. The van der Waals surface area contributed by atoms with E-state index in [2.05, 4.69) is 155 Å². The molecule has 9 rings (SSSR count). The molecule has 0 aromatic heterocycles. The molecule has 6 aromatic carbocycles. The minimum absolute atomic E-state index is 0.0676. The number of halogens is 1. The van der Waals surface area contributed by atoms with E-state index in [1.165, 1.54) is 33.4 Å². The number of hydrogen-bond acceptors (Lipinski definition) is 7. The van der Waals surface area contributed by atoms with Crippen molar-refractivity contribution in [2.45, 2.75) is 55.0 Å². The largest absolute Gasteiger partial charge is 0.388 e. The molecule has 318 valence electrons. The molecule has 3 fully saturated rings. The topological polar surface area (TPSA) is 73.3 Å². The maximum Gasteiger partial charge on any atom is 0.265 e. The second-order valence-electron chi connectivity index (χ2n) is 17.5. The monoisotopic (exact) mass is 855 g/mol. The lowest BCUT2D eigenvalue weighted by Gasteiger charge is -2.50. The van der Waals surface area contributed by atoms with Crippen LogP contribution in [0.25, 0.3) is 0 Å². The van der Waals surface area contributed by atoms with Gasteiger partial charge in [0, 0.05) is 39.3 Å². The predicted octanol–water partition coefficient (Wildman–Crippen LogP) is 9.76. The van der Waals surface area contributed by atoms with Gasteiger partial charge in [0.05, 0.1) is 34.9 Å². The normalized spacial score (nSPS) is 18.1. The molecule has 0 spiro atoms. The van der Waals surface area contributed by atoms with Crippen LogP contribution in [0.15, 0.2) is 182 Å². The summed E-state index contributed by atoms with van der Waals surface area (Å²) >= 11 is 6.38. The van der Waals surface area contributed by atoms with E-state index >= 15 is 0 Å². The first-order valence-electron chi connectivity index (χ1n) is 21.0. The number of hydrogen-bond donors (Lipinski definition) is 1. The molecule has 0 atom stereocenters. The third-order valence-electron chi connectivity index (χ3n) is 11.4. The lowest BCUT2D eigenvalue weighted by Crippen LogP contribution is -2.62. The van der Waals surface area contributed by atoms with Crippen molar-refractivity contribution in [2.24, 2.45) is 0 Å². The van der Waals surface area contributed by atoms with Gasteiger partial charge >= 0.3 is 0 Å². The summed E-state index contributed by atoms with van der Waals surface area (Å²) in [5.41, 5.74) is 6.44. The van der Waals surface area contributed by atoms with Crippen molar-refractivity contribution in [3.63, 3.8) is 0 Å². The first kappa shape index (κ1) is 44.4. The van der Waals surface area contributed by atoms with Crippen molar-refractivity contribution in [3.05, 3.63) is 215 Å². The van der Waals surface area contributed by atoms with E-state index < -0.39 is 21.3 Å². The molecule has 1 N–H and O–H groups in total. The molecule has 3 aliphatic rings. The minimum atomic E-state index is -3.45. The number of likely N-dealkylation sites (tertiary alicyclic amines) is 3. The Kier molecular flexibility index (Phi) is 14.0. The quantitative estimate of drug-likeness (QED) is 0.103. The average Bonchev–Trinajstić information content (AvgIpc) is 3.22. The summed E-state index contributed by atoms with van der Waals surface area (Å²) < 4.78 is 28.1. The van der Waals surface area contributed by atoms with E-state index in [1.807, 2.05) is 62.4 Å². The van der Waals surface area contributed by atoms with Crippen molar-refractivity contribution in [1.82, 2.24) is 14.7 Å². The number of benzene rings is 6. The van der Waals surface area contributed by atoms with Crippen LogP contribution in [-0.2, 0) is 14.3 Å². The summed E-state index contributed by atoms with van der Waals surface area (Å²) in [6.45, 7) is 10.3. The number of β-amino-alcohol motifs (C(OH)–C–C–N with tert-alkyl or cyclic N) is 1. The summed E-state index contributed by atoms with van der Waals surface area (Å²) in [5.74, 6) is 0. The first-order valence-corrected chi connectivity index (χ1v) is 23.2. The van der Waals surface area contributed by atoms with Gasteiger partial charge in [-0.25, -0.2) is 0 Å². The molecule has 0 amide bonds. The van der Waals surface area contributed by atoms with Crippen LogP contribution in [0.5, 0.6) is 0 Å². The fourth-order valence-electron chi connectivity index (χ4n) is 9.06. The van der Waals surface area contributed by atoms with Crippen LogP contribution in [-0.4, -0.2) is 89.8 Å². The summed E-state index contributed by atoms with van der Waals surface area (Å²) in [4.78, 5) is 6.94. The summed E-state index contributed by atoms with van der Waals surface area (Å²) in [6, 6.07) is 63.5. The predicted molar refractivity (Wildman–Crippen MR) is 248 cm³/mol. The van der Waals surface area contributed by atoms with Gasteiger partial charge in [0.25, 0.3) is 10.1 Å². The zero-order valence-corrected chi connectivity index (χ0v) is 37.2. The molecule has 61 heavy (non-hydrogen) atoms. The molecule has 9 heteroatoms. The van der Waals surface area contributed by atoms with Crippen molar-refractivity contribution < 1.29 is 17.7 Å². The standard InChI is InChI=1S/C18H21NO3S.C17H18ClN.C17H19NO/c1-18(22-23(2,20)21)13-19(14-18)17(15-9-5-3-6-10-15)16-11-7-4-8-12-16;1-17(18)12-19(13-17)16(14-8-4-2-5-9-14)15-10-6-3-7-11-15;1-17(19)12-18(13-17)16(14-8-4-2-5-9-14)15-10-6-3-7-11-15/h3-12,17H,13-14H2,1-2H3;2-11,16H,12-13H2,1H3;2-11,16,19H,12-13H2,1H3. The minimum Gasteiger partial charge on any atom is -0.388 e. The van der Waals surface area contributed by atoms with Crippen LogP contribution < -0.4 is 0 Å². The maximum atomic E-state index is 11.4. The van der Waals surface area contributed by atoms with Crippen molar-refractivity contribution in [2.75, 3.05) is 45.5 Å². The molecule has 7 nitrogen and oxygen atoms in total. The van der Waals surface area contributed by atoms with Crippen molar-refractivity contribution in [3.8, 4) is 0 Å². The zero-order valence-electron chi connectivity index (χ0n) is 35.6. The van der Waals surface area contributed by atoms with Gasteiger partial charge in [-0.2, -0.15) is 8.42 Å². The van der Waals surface area contributed by atoms with Gasteiger partial charge in [0.15, 0.2) is 0 Å². The fraction of sp³-hybridized carbons (Fsp3) is 0.308. The summed E-state index contributed by atoms with van der Waals surface area (Å²) in [6.07, 6.45) is 1.10. The number of rotatable bonds is 11. The Morgan fingerprint density at radius 2 is 0.689 bits per heavy atom. The number of alkyl halides is 1. The SMILES string of the molecule is CC1(Cl)CN(C(c2ccccc2)c2ccccc2)C1.CC1(O)CN(C(c2ccccc2)c2ccccc2)C1.CC1(OS(C)(=O)=O)CN(C(c2ccccc2)c2ccccc2)C1. The molecular formula is C52H58ClN3O4S. The Morgan fingerprint density at radius 3 is 0.902 bits per heavy atom. The Bertz CT molecular complexity index is 2130.